The Morgan fingerprint density at radius 1 is 0.555 bits per heavy atom. The first-order valence-electron chi connectivity index (χ1n) is 34.0. The fraction of sp³-hybridized carbons (Fsp3) is 0.179. The number of nitrogens with two attached hydrogens (primary N) is 1. The Bertz CT molecular complexity index is 5550. The van der Waals surface area contributed by atoms with Crippen LogP contribution < -0.4 is 65.8 Å². The van der Waals surface area contributed by atoms with Crippen LogP contribution in [0.25, 0.3) is 20.2 Å². The van der Waals surface area contributed by atoms with E-state index in [2.05, 4.69) is 42.6 Å². The monoisotopic (exact) mass is 1520 g/mol. The first-order valence-corrected chi connectivity index (χ1v) is 35.6. The number of aryl methyl sites for hydroxylation is 2. The van der Waals surface area contributed by atoms with E-state index in [0.717, 1.165) is 49.1 Å². The van der Waals surface area contributed by atoms with Crippen LogP contribution >= 0.6 is 22.7 Å². The molecule has 0 aliphatic carbocycles. The van der Waals surface area contributed by atoms with E-state index in [9.17, 15) is 48.5 Å². The number of hydrogen-bond acceptors (Lipinski definition) is 22. The number of hydrogen-bond donors (Lipinski definition) is 6. The third kappa shape index (κ3) is 16.2. The van der Waals surface area contributed by atoms with Gasteiger partial charge < -0.3 is 69.3 Å². The number of thiophene rings is 2. The summed E-state index contributed by atoms with van der Waals surface area (Å²) >= 11 is 2.61. The smallest absolute Gasteiger partial charge is 0.417 e. The number of benzene rings is 7. The van der Waals surface area contributed by atoms with Crippen molar-refractivity contribution in [1.82, 2.24) is 14.5 Å². The number of urea groups is 1. The number of para-hydroxylation sites is 2. The minimum Gasteiger partial charge on any atom is -0.493 e. The van der Waals surface area contributed by atoms with E-state index in [4.69, 9.17) is 38.9 Å². The first kappa shape index (κ1) is 74.5. The number of nitro benzene ring substituents is 1. The number of rotatable bonds is 19. The van der Waals surface area contributed by atoms with Gasteiger partial charge in [-0.1, -0.05) is 36.4 Å². The number of methoxy groups -OCH3 is 4. The van der Waals surface area contributed by atoms with Crippen LogP contribution in [0.2, 0.25) is 0 Å². The van der Waals surface area contributed by atoms with E-state index >= 15 is 0 Å². The number of carbonyl (C=O) groups is 8. The Balaban J connectivity index is 0.000000154. The maximum absolute atomic E-state index is 13.6. The van der Waals surface area contributed by atoms with E-state index in [0.29, 0.717) is 103 Å². The predicted molar refractivity (Wildman–Crippen MR) is 417 cm³/mol. The summed E-state index contributed by atoms with van der Waals surface area (Å²) in [6.45, 7) is 1.04. The molecule has 8 heterocycles. The fourth-order valence-corrected chi connectivity index (χ4v) is 14.6. The van der Waals surface area contributed by atoms with Gasteiger partial charge in [0.25, 0.3) is 29.3 Å². The quantitative estimate of drug-likeness (QED) is 0.0189. The van der Waals surface area contributed by atoms with Crippen LogP contribution in [0.15, 0.2) is 180 Å². The van der Waals surface area contributed by atoms with Crippen molar-refractivity contribution in [3.63, 3.8) is 0 Å². The van der Waals surface area contributed by atoms with E-state index in [-0.39, 0.29) is 60.1 Å². The Kier molecular flexibility index (Phi) is 22.1. The average molecular weight is 1520 g/mol. The fourth-order valence-electron chi connectivity index (χ4n) is 12.7. The van der Waals surface area contributed by atoms with Crippen molar-refractivity contribution in [1.29, 1.82) is 0 Å². The number of aliphatic imine (C=N–C) groups is 2. The highest BCUT2D eigenvalue weighted by Gasteiger charge is 2.38. The molecule has 0 radical (unpaired) electrons. The number of nitrogens with zero attached hydrogens (tertiary/aromatic N) is 7. The molecule has 0 spiro atoms. The molecule has 110 heavy (non-hydrogen) atoms. The number of anilines is 6. The Hall–Kier alpha value is -13.7. The molecule has 0 fully saturated rings. The lowest BCUT2D eigenvalue weighted by atomic mass is 10.1. The standard InChI is InChI=1S/C36H32N6O7S.C23H18N4O7S.C19H19N3O3/c1-41-19-23(15-28(41)33(43)39-22-8-9-31-21(12-22)14-32(50-31)35(45)48-3)40-36(46)37-10-11-49-30-17-26-25(16-29(30)47-2)34(44)42-24(18-38-26)13-20-6-4-5-7-27(20)42;1-26-12-15(25-23(30)34-17-6-4-16(5-7-17)27(31)32)11-18(26)21(28)24-14-3-8-19-13(9-14)10-20(35-19)22(29)33-2;1-24-17-9-14-15(10-18(17)25-7-6-20)21-11-13-8-12-4-2-3-5-16(12)22(13)19(14)23/h4-9,12,14-19,24H,10-11,13H2,1-3H3,(H,39,43)(H2,37,40,46);3-12H,1-2H3,(H,24,28)(H,25,30);2-5,9-11,13H,6-8,20H2,1H3/t24-;;13-/m0.0/s1. The van der Waals surface area contributed by atoms with Crippen molar-refractivity contribution in [2.45, 2.75) is 24.9 Å². The van der Waals surface area contributed by atoms with Crippen molar-refractivity contribution in [3.8, 4) is 28.7 Å². The largest absolute Gasteiger partial charge is 0.493 e. The molecule has 30 nitrogen and oxygen atoms in total. The molecule has 4 aromatic heterocycles. The van der Waals surface area contributed by atoms with Gasteiger partial charge in [0, 0.05) is 115 Å². The zero-order valence-corrected chi connectivity index (χ0v) is 61.3. The van der Waals surface area contributed by atoms with Crippen molar-refractivity contribution in [2.24, 2.45) is 29.8 Å². The Morgan fingerprint density at radius 2 is 1.03 bits per heavy atom. The molecule has 15 rings (SSSR count). The minimum absolute atomic E-state index is 0.0725. The minimum atomic E-state index is -0.819. The maximum Gasteiger partial charge on any atom is 0.417 e. The summed E-state index contributed by atoms with van der Waals surface area (Å²) in [6, 6.07) is 44.0. The van der Waals surface area contributed by atoms with Gasteiger partial charge in [0.05, 0.1) is 85.9 Å². The van der Waals surface area contributed by atoms with Crippen LogP contribution in [-0.4, -0.2) is 141 Å². The molecular weight excluding hydrogens is 1460 g/mol. The number of esters is 2. The van der Waals surface area contributed by atoms with Gasteiger partial charge in [-0.3, -0.25) is 54.4 Å². The van der Waals surface area contributed by atoms with Crippen LogP contribution in [0.1, 0.15) is 72.2 Å². The van der Waals surface area contributed by atoms with Gasteiger partial charge in [-0.25, -0.2) is 19.2 Å². The topological polar surface area (TPSA) is 372 Å². The van der Waals surface area contributed by atoms with Crippen molar-refractivity contribution >= 4 is 154 Å². The molecule has 7 N–H and O–H groups in total. The molecule has 2 atom stereocenters. The third-order valence-electron chi connectivity index (χ3n) is 17.8. The summed E-state index contributed by atoms with van der Waals surface area (Å²) in [4.78, 5) is 125. The molecular formula is C78H69N13O17S2. The number of aromatic nitrogens is 2. The summed E-state index contributed by atoms with van der Waals surface area (Å²) in [6.07, 6.45) is 7.44. The molecule has 0 saturated heterocycles. The van der Waals surface area contributed by atoms with Crippen LogP contribution in [0.5, 0.6) is 28.7 Å². The number of nitrogens with one attached hydrogen (secondary N) is 5. The molecule has 0 unspecified atom stereocenters. The van der Waals surface area contributed by atoms with Crippen LogP contribution in [0.3, 0.4) is 0 Å². The number of fused-ring (bicyclic) bond motifs is 10. The summed E-state index contributed by atoms with van der Waals surface area (Å²) < 4.78 is 42.0. The van der Waals surface area contributed by atoms with Crippen LogP contribution in [0, 0.1) is 10.1 Å². The molecule has 4 aliphatic rings. The normalized spacial score (nSPS) is 13.9. The number of nitro groups is 1. The maximum atomic E-state index is 13.6. The van der Waals surface area contributed by atoms with Crippen molar-refractivity contribution in [3.05, 3.63) is 224 Å². The van der Waals surface area contributed by atoms with Crippen molar-refractivity contribution < 1.29 is 76.4 Å². The van der Waals surface area contributed by atoms with Crippen LogP contribution in [-0.2, 0) is 36.4 Å². The predicted octanol–water partition coefficient (Wildman–Crippen LogP) is 12.9. The third-order valence-corrected chi connectivity index (χ3v) is 20.0. The lowest BCUT2D eigenvalue weighted by molar-refractivity contribution is -0.384. The molecule has 11 aromatic rings. The van der Waals surface area contributed by atoms with Crippen molar-refractivity contribution in [2.75, 3.05) is 85.8 Å². The lowest BCUT2D eigenvalue weighted by Crippen LogP contribution is -2.37. The second-order valence-electron chi connectivity index (χ2n) is 24.9. The van der Waals surface area contributed by atoms with E-state index in [1.807, 2.05) is 59.6 Å². The SMILES string of the molecule is COC(=O)c1cc2cc(NC(=O)c3cc(NC(=O)NCCOc4cc5c(cc4OC)C(=O)N4c6ccccc6C[C@H]4C=N5)cn3C)ccc2s1.COC(=O)c1cc2cc(NC(=O)c3cc(NC(=O)Oc4ccc([N+](=O)[O-])cc4)cn3C)ccc2s1.COc1cc2c(cc1OCCN)N=C[C@@H]1Cc3ccccc3N1C2=O. The van der Waals surface area contributed by atoms with E-state index in [1.54, 1.807) is 116 Å². The van der Waals surface area contributed by atoms with Gasteiger partial charge in [0.15, 0.2) is 23.0 Å². The van der Waals surface area contributed by atoms with Crippen LogP contribution in [0.4, 0.5) is 60.8 Å². The van der Waals surface area contributed by atoms with Gasteiger partial charge in [0.1, 0.15) is 40.1 Å². The summed E-state index contributed by atoms with van der Waals surface area (Å²) in [5.74, 6) is 0.0766. The highest BCUT2D eigenvalue weighted by atomic mass is 32.1. The molecule has 7 aromatic carbocycles. The van der Waals surface area contributed by atoms with Gasteiger partial charge >= 0.3 is 24.1 Å². The second kappa shape index (κ2) is 32.6. The zero-order chi connectivity index (χ0) is 77.4. The van der Waals surface area contributed by atoms with Gasteiger partial charge in [0.2, 0.25) is 0 Å². The molecule has 0 saturated carbocycles. The number of amides is 7. The zero-order valence-electron chi connectivity index (χ0n) is 59.7. The molecule has 0 bridgehead atoms. The second-order valence-corrected chi connectivity index (χ2v) is 27.1. The molecule has 7 amide bonds. The first-order chi connectivity index (χ1) is 53.2. The van der Waals surface area contributed by atoms with Gasteiger partial charge in [-0.2, -0.15) is 0 Å². The summed E-state index contributed by atoms with van der Waals surface area (Å²) in [7, 11) is 9.04. The van der Waals surface area contributed by atoms with E-state index in [1.165, 1.54) is 85.1 Å². The highest BCUT2D eigenvalue weighted by Crippen LogP contribution is 2.43. The molecule has 560 valence electrons. The number of ether oxygens (including phenoxy) is 7. The molecule has 32 heteroatoms. The van der Waals surface area contributed by atoms with E-state index < -0.39 is 34.9 Å². The Morgan fingerprint density at radius 3 is 1.49 bits per heavy atom. The summed E-state index contributed by atoms with van der Waals surface area (Å²) in [5, 5.41) is 25.9. The number of carbonyl (C=O) groups excluding carboxylic acids is 8. The summed E-state index contributed by atoms with van der Waals surface area (Å²) in [5.41, 5.74) is 13.9. The average Bonchev–Trinajstić information content (AvgIpc) is 1.61. The molecule has 4 aliphatic heterocycles. The van der Waals surface area contributed by atoms with Gasteiger partial charge in [-0.05, 0) is 119 Å². The lowest BCUT2D eigenvalue weighted by Gasteiger charge is -2.22. The number of non-ortho nitro benzene ring substituents is 1. The van der Waals surface area contributed by atoms with Gasteiger partial charge in [-0.15, -0.1) is 22.7 Å². The Labute approximate surface area is 634 Å². The highest BCUT2D eigenvalue weighted by molar-refractivity contribution is 7.21.